The van der Waals surface area contributed by atoms with E-state index in [1.807, 2.05) is 60.7 Å². The topological polar surface area (TPSA) is 41.9 Å². The van der Waals surface area contributed by atoms with Crippen molar-refractivity contribution in [3.05, 3.63) is 199 Å². The van der Waals surface area contributed by atoms with Gasteiger partial charge >= 0.3 is 0 Å². The summed E-state index contributed by atoms with van der Waals surface area (Å²) in [6, 6.07) is 56.1. The van der Waals surface area contributed by atoms with Crippen molar-refractivity contribution in [2.75, 3.05) is 4.90 Å². The third-order valence-corrected chi connectivity index (χ3v) is 10.6. The zero-order chi connectivity index (χ0) is 33.1. The minimum Gasteiger partial charge on any atom is -0.334 e. The first-order valence-corrected chi connectivity index (χ1v) is 17.2. The molecule has 50 heavy (non-hydrogen) atoms. The maximum Gasteiger partial charge on any atom is 0.164 e. The Morgan fingerprint density at radius 2 is 0.880 bits per heavy atom. The number of hydrogen-bond donors (Lipinski definition) is 0. The van der Waals surface area contributed by atoms with E-state index in [9.17, 15) is 0 Å². The van der Waals surface area contributed by atoms with Gasteiger partial charge in [0, 0.05) is 34.0 Å². The fourth-order valence-corrected chi connectivity index (χ4v) is 8.54. The second-order valence-electron chi connectivity index (χ2n) is 13.2. The first kappa shape index (κ1) is 28.6. The van der Waals surface area contributed by atoms with Gasteiger partial charge in [-0.25, -0.2) is 15.0 Å². The number of para-hydroxylation sites is 1. The van der Waals surface area contributed by atoms with Gasteiger partial charge in [0.15, 0.2) is 17.5 Å². The summed E-state index contributed by atoms with van der Waals surface area (Å²) < 4.78 is 0. The molecule has 2 unspecified atom stereocenters. The molecule has 7 aromatic rings. The van der Waals surface area contributed by atoms with E-state index in [0.717, 1.165) is 22.4 Å². The number of nitrogens with zero attached hydrogens (tertiary/aromatic N) is 4. The fourth-order valence-electron chi connectivity index (χ4n) is 8.54. The molecule has 0 radical (unpaired) electrons. The van der Waals surface area contributed by atoms with E-state index in [4.69, 9.17) is 15.0 Å². The Labute approximate surface area is 291 Å². The summed E-state index contributed by atoms with van der Waals surface area (Å²) in [4.78, 5) is 17.4. The molecule has 1 spiro atoms. The molecule has 10 rings (SSSR count). The molecular weight excluding hydrogens is 609 g/mol. The molecule has 2 heterocycles. The fraction of sp³-hybridized carbons (Fsp3) is 0.0652. The first-order valence-electron chi connectivity index (χ1n) is 17.2. The van der Waals surface area contributed by atoms with Gasteiger partial charge in [-0.1, -0.05) is 152 Å². The van der Waals surface area contributed by atoms with Gasteiger partial charge in [-0.15, -0.1) is 0 Å². The van der Waals surface area contributed by atoms with Crippen molar-refractivity contribution in [2.24, 2.45) is 5.92 Å². The molecule has 3 aliphatic rings. The smallest absolute Gasteiger partial charge is 0.164 e. The van der Waals surface area contributed by atoms with Gasteiger partial charge in [0.25, 0.3) is 0 Å². The number of anilines is 2. The Bertz CT molecular complexity index is 2340. The number of aromatic nitrogens is 3. The quantitative estimate of drug-likeness (QED) is 0.192. The van der Waals surface area contributed by atoms with Crippen LogP contribution in [0.4, 0.5) is 11.4 Å². The van der Waals surface area contributed by atoms with Crippen LogP contribution < -0.4 is 4.90 Å². The zero-order valence-electron chi connectivity index (χ0n) is 27.3. The highest BCUT2D eigenvalue weighted by Gasteiger charge is 2.56. The Hall–Kier alpha value is -6.39. The summed E-state index contributed by atoms with van der Waals surface area (Å²) in [7, 11) is 0. The SMILES string of the molecule is C1=CC2C(C=C1)C1(c3ccccc3-c3ccccc31)c1ccccc1N2c1ccc(-c2nc(-c3ccccc3)nc(-c3ccccc3)n2)cc1. The van der Waals surface area contributed by atoms with Crippen LogP contribution in [-0.2, 0) is 5.41 Å². The van der Waals surface area contributed by atoms with E-state index in [-0.39, 0.29) is 17.4 Å². The zero-order valence-corrected chi connectivity index (χ0v) is 27.3. The standard InChI is InChI=1S/C46H32N4/c1-3-15-31(16-4-1)43-47-44(32-17-5-2-6-18-32)49-45(48-43)33-27-29-34(30-28-33)50-41-25-13-11-23-39(41)46(40-24-12-14-26-42(40)50)37-21-9-7-19-35(37)36-20-8-10-22-38(36)46/h1-30,39,41H. The molecule has 0 N–H and O–H groups in total. The van der Waals surface area contributed by atoms with Gasteiger partial charge in [-0.3, -0.25) is 0 Å². The van der Waals surface area contributed by atoms with Gasteiger partial charge < -0.3 is 4.90 Å². The molecule has 6 aromatic carbocycles. The monoisotopic (exact) mass is 640 g/mol. The second kappa shape index (κ2) is 11.4. The Kier molecular flexibility index (Phi) is 6.50. The van der Waals surface area contributed by atoms with E-state index in [1.165, 1.54) is 33.5 Å². The van der Waals surface area contributed by atoms with Crippen molar-refractivity contribution in [3.63, 3.8) is 0 Å². The third-order valence-electron chi connectivity index (χ3n) is 10.6. The van der Waals surface area contributed by atoms with Gasteiger partial charge in [0.1, 0.15) is 0 Å². The Balaban J connectivity index is 1.12. The van der Waals surface area contributed by atoms with Crippen LogP contribution in [0, 0.1) is 5.92 Å². The molecule has 4 nitrogen and oxygen atoms in total. The van der Waals surface area contributed by atoms with Crippen LogP contribution in [0.1, 0.15) is 16.7 Å². The minimum atomic E-state index is -0.307. The van der Waals surface area contributed by atoms with Crippen molar-refractivity contribution < 1.29 is 0 Å². The number of benzene rings is 6. The maximum absolute atomic E-state index is 4.98. The highest BCUT2D eigenvalue weighted by molar-refractivity contribution is 5.88. The number of rotatable bonds is 4. The van der Waals surface area contributed by atoms with Crippen molar-refractivity contribution in [3.8, 4) is 45.3 Å². The van der Waals surface area contributed by atoms with Gasteiger partial charge in [0.2, 0.25) is 0 Å². The van der Waals surface area contributed by atoms with E-state index in [0.29, 0.717) is 17.5 Å². The average molecular weight is 641 g/mol. The molecule has 236 valence electrons. The summed E-state index contributed by atoms with van der Waals surface area (Å²) in [5.74, 6) is 2.15. The van der Waals surface area contributed by atoms with E-state index in [2.05, 4.69) is 126 Å². The predicted octanol–water partition coefficient (Wildman–Crippen LogP) is 10.4. The lowest BCUT2D eigenvalue weighted by Crippen LogP contribution is -2.52. The molecule has 2 atom stereocenters. The van der Waals surface area contributed by atoms with Gasteiger partial charge in [-0.05, 0) is 58.1 Å². The van der Waals surface area contributed by atoms with Crippen LogP contribution >= 0.6 is 0 Å². The highest BCUT2D eigenvalue weighted by atomic mass is 15.2. The van der Waals surface area contributed by atoms with Crippen LogP contribution in [0.25, 0.3) is 45.3 Å². The molecule has 0 saturated heterocycles. The molecule has 0 bridgehead atoms. The molecule has 0 saturated carbocycles. The van der Waals surface area contributed by atoms with Crippen molar-refractivity contribution >= 4 is 11.4 Å². The minimum absolute atomic E-state index is 0.103. The molecule has 4 heteroatoms. The average Bonchev–Trinajstić information content (AvgIpc) is 3.49. The van der Waals surface area contributed by atoms with Crippen LogP contribution in [0.15, 0.2) is 182 Å². The van der Waals surface area contributed by atoms with Gasteiger partial charge in [0.05, 0.1) is 11.5 Å². The van der Waals surface area contributed by atoms with E-state index in [1.54, 1.807) is 0 Å². The number of hydrogen-bond acceptors (Lipinski definition) is 4. The third kappa shape index (κ3) is 4.21. The van der Waals surface area contributed by atoms with Crippen molar-refractivity contribution in [1.82, 2.24) is 15.0 Å². The maximum atomic E-state index is 4.98. The molecule has 1 aromatic heterocycles. The van der Waals surface area contributed by atoms with Gasteiger partial charge in [-0.2, -0.15) is 0 Å². The predicted molar refractivity (Wildman–Crippen MR) is 202 cm³/mol. The van der Waals surface area contributed by atoms with Crippen LogP contribution in [0.5, 0.6) is 0 Å². The molecule has 0 fully saturated rings. The van der Waals surface area contributed by atoms with Crippen LogP contribution in [-0.4, -0.2) is 21.0 Å². The van der Waals surface area contributed by atoms with E-state index < -0.39 is 0 Å². The summed E-state index contributed by atoms with van der Waals surface area (Å²) in [6.45, 7) is 0. The lowest BCUT2D eigenvalue weighted by atomic mass is 9.58. The summed E-state index contributed by atoms with van der Waals surface area (Å²) in [5.41, 5.74) is 11.7. The lowest BCUT2D eigenvalue weighted by molar-refractivity contribution is 0.392. The molecule has 1 aliphatic heterocycles. The van der Waals surface area contributed by atoms with E-state index >= 15 is 0 Å². The van der Waals surface area contributed by atoms with Crippen molar-refractivity contribution in [2.45, 2.75) is 11.5 Å². The number of allylic oxidation sites excluding steroid dienone is 2. The summed E-state index contributed by atoms with van der Waals surface area (Å²) in [5, 5.41) is 0. The Morgan fingerprint density at radius 1 is 0.420 bits per heavy atom. The molecular formula is C46H32N4. The molecule has 2 aliphatic carbocycles. The lowest BCUT2D eigenvalue weighted by Gasteiger charge is -2.53. The number of fused-ring (bicyclic) bond motifs is 9. The van der Waals surface area contributed by atoms with Crippen LogP contribution in [0.3, 0.4) is 0 Å². The normalized spacial score (nSPS) is 17.6. The summed E-state index contributed by atoms with van der Waals surface area (Å²) in [6.07, 6.45) is 9.25. The molecule has 0 amide bonds. The first-order chi connectivity index (χ1) is 24.8. The Morgan fingerprint density at radius 3 is 1.46 bits per heavy atom. The summed E-state index contributed by atoms with van der Waals surface area (Å²) >= 11 is 0. The highest BCUT2D eigenvalue weighted by Crippen LogP contribution is 2.63. The van der Waals surface area contributed by atoms with Crippen LogP contribution in [0.2, 0.25) is 0 Å². The second-order valence-corrected chi connectivity index (χ2v) is 13.2. The van der Waals surface area contributed by atoms with Crippen molar-refractivity contribution in [1.29, 1.82) is 0 Å². The largest absolute Gasteiger partial charge is 0.334 e.